The number of carbonyl (C=O) groups is 2. The summed E-state index contributed by atoms with van der Waals surface area (Å²) in [6.07, 6.45) is 3.56. The van der Waals surface area contributed by atoms with Crippen LogP contribution in [-0.2, 0) is 16.0 Å². The van der Waals surface area contributed by atoms with E-state index in [0.29, 0.717) is 11.5 Å². The Hall–Kier alpha value is -2.64. The number of carboxylic acid groups (broad SMARTS) is 1. The van der Waals surface area contributed by atoms with Gasteiger partial charge in [-0.2, -0.15) is 0 Å². The molecule has 7 heteroatoms. The zero-order chi connectivity index (χ0) is 19.9. The number of rotatable bonds is 8. The molecule has 0 bridgehead atoms. The average molecular weight is 414 g/mol. The number of hydrogen-bond donors (Lipinski definition) is 1. The highest BCUT2D eigenvalue weighted by atomic mass is 32.2. The van der Waals surface area contributed by atoms with Gasteiger partial charge in [0.1, 0.15) is 16.6 Å². The van der Waals surface area contributed by atoms with Crippen LogP contribution in [0.2, 0.25) is 0 Å². The fourth-order valence-corrected chi connectivity index (χ4v) is 3.98. The zero-order valence-electron chi connectivity index (χ0n) is 15.0. The SMILES string of the molecule is O=C(O)CN1C(=O)/C(=C/c2cccc(OCCCc3ccccc3)c2)SC1=S. The highest BCUT2D eigenvalue weighted by Crippen LogP contribution is 2.32. The molecule has 0 unspecified atom stereocenters. The predicted molar refractivity (Wildman–Crippen MR) is 114 cm³/mol. The smallest absolute Gasteiger partial charge is 0.323 e. The lowest BCUT2D eigenvalue weighted by molar-refractivity contribution is -0.140. The van der Waals surface area contributed by atoms with Gasteiger partial charge in [0, 0.05) is 0 Å². The van der Waals surface area contributed by atoms with Gasteiger partial charge in [-0.25, -0.2) is 0 Å². The molecule has 0 aliphatic carbocycles. The largest absolute Gasteiger partial charge is 0.494 e. The molecular formula is C21H19NO4S2. The van der Waals surface area contributed by atoms with Gasteiger partial charge in [-0.1, -0.05) is 66.4 Å². The van der Waals surface area contributed by atoms with Crippen molar-refractivity contribution in [1.82, 2.24) is 4.90 Å². The molecule has 1 amide bonds. The number of carboxylic acids is 1. The van der Waals surface area contributed by atoms with Crippen molar-refractivity contribution in [3.63, 3.8) is 0 Å². The van der Waals surface area contributed by atoms with Crippen LogP contribution in [0.4, 0.5) is 0 Å². The van der Waals surface area contributed by atoms with Crippen LogP contribution in [-0.4, -0.2) is 39.4 Å². The maximum atomic E-state index is 12.3. The second-order valence-electron chi connectivity index (χ2n) is 6.17. The number of aryl methyl sites for hydroxylation is 1. The summed E-state index contributed by atoms with van der Waals surface area (Å²) in [6.45, 7) is 0.172. The van der Waals surface area contributed by atoms with Crippen molar-refractivity contribution in [2.24, 2.45) is 0 Å². The molecule has 1 aliphatic rings. The lowest BCUT2D eigenvalue weighted by Crippen LogP contribution is -2.33. The van der Waals surface area contributed by atoms with Crippen molar-refractivity contribution in [2.75, 3.05) is 13.2 Å². The number of carbonyl (C=O) groups excluding carboxylic acids is 1. The van der Waals surface area contributed by atoms with E-state index in [1.54, 1.807) is 6.08 Å². The number of amides is 1. The minimum atomic E-state index is -1.09. The van der Waals surface area contributed by atoms with Gasteiger partial charge >= 0.3 is 5.97 Å². The Bertz CT molecular complexity index is 912. The first-order chi connectivity index (χ1) is 13.5. The summed E-state index contributed by atoms with van der Waals surface area (Å²) in [5.41, 5.74) is 2.08. The molecule has 0 radical (unpaired) electrons. The highest BCUT2D eigenvalue weighted by Gasteiger charge is 2.33. The van der Waals surface area contributed by atoms with E-state index in [1.807, 2.05) is 42.5 Å². The maximum Gasteiger partial charge on any atom is 0.323 e. The second-order valence-corrected chi connectivity index (χ2v) is 7.85. The van der Waals surface area contributed by atoms with Crippen LogP contribution in [0.3, 0.4) is 0 Å². The molecule has 1 aliphatic heterocycles. The number of aliphatic carboxylic acids is 1. The Morgan fingerprint density at radius 1 is 1.18 bits per heavy atom. The average Bonchev–Trinajstić information content (AvgIpc) is 2.93. The molecule has 1 fully saturated rings. The summed E-state index contributed by atoms with van der Waals surface area (Å²) >= 11 is 6.21. The Kier molecular flexibility index (Phi) is 6.84. The first-order valence-electron chi connectivity index (χ1n) is 8.77. The minimum Gasteiger partial charge on any atom is -0.494 e. The van der Waals surface area contributed by atoms with Crippen LogP contribution >= 0.6 is 24.0 Å². The lowest BCUT2D eigenvalue weighted by atomic mass is 10.1. The van der Waals surface area contributed by atoms with Crippen LogP contribution in [0.15, 0.2) is 59.5 Å². The van der Waals surface area contributed by atoms with E-state index in [9.17, 15) is 9.59 Å². The third-order valence-electron chi connectivity index (χ3n) is 4.04. The standard InChI is InChI=1S/C21H19NO4S2/c23-19(24)14-22-20(25)18(28-21(22)27)13-16-8-4-10-17(12-16)26-11-5-9-15-6-2-1-3-7-15/h1-4,6-8,10,12-13H,5,9,11,14H2,(H,23,24)/b18-13-. The first kappa shape index (κ1) is 20.1. The van der Waals surface area contributed by atoms with E-state index in [1.165, 1.54) is 5.56 Å². The van der Waals surface area contributed by atoms with Crippen molar-refractivity contribution >= 4 is 46.3 Å². The van der Waals surface area contributed by atoms with Crippen LogP contribution in [0.5, 0.6) is 5.75 Å². The number of thiocarbonyl (C=S) groups is 1. The molecule has 0 spiro atoms. The second kappa shape index (κ2) is 9.52. The summed E-state index contributed by atoms with van der Waals surface area (Å²) in [6, 6.07) is 17.7. The van der Waals surface area contributed by atoms with Gasteiger partial charge in [-0.3, -0.25) is 14.5 Å². The van der Waals surface area contributed by atoms with Crippen LogP contribution in [0.1, 0.15) is 17.5 Å². The molecule has 28 heavy (non-hydrogen) atoms. The number of nitrogens with zero attached hydrogens (tertiary/aromatic N) is 1. The normalized spacial score (nSPS) is 15.3. The van der Waals surface area contributed by atoms with Crippen LogP contribution < -0.4 is 4.74 Å². The van der Waals surface area contributed by atoms with E-state index < -0.39 is 12.5 Å². The molecule has 1 saturated heterocycles. The number of benzene rings is 2. The fraction of sp³-hybridized carbons (Fsp3) is 0.190. The van der Waals surface area contributed by atoms with Crippen LogP contribution in [0.25, 0.3) is 6.08 Å². The van der Waals surface area contributed by atoms with Crippen LogP contribution in [0, 0.1) is 0 Å². The van der Waals surface area contributed by atoms with E-state index in [0.717, 1.165) is 40.8 Å². The Balaban J connectivity index is 1.58. The molecule has 2 aromatic carbocycles. The third kappa shape index (κ3) is 5.43. The van der Waals surface area contributed by atoms with Crippen molar-refractivity contribution in [3.8, 4) is 5.75 Å². The molecule has 1 heterocycles. The summed E-state index contributed by atoms with van der Waals surface area (Å²) in [7, 11) is 0. The molecule has 144 valence electrons. The predicted octanol–water partition coefficient (Wildman–Crippen LogP) is 3.98. The zero-order valence-corrected chi connectivity index (χ0v) is 16.7. The molecule has 5 nitrogen and oxygen atoms in total. The monoisotopic (exact) mass is 413 g/mol. The molecule has 0 atom stereocenters. The number of hydrogen-bond acceptors (Lipinski definition) is 5. The molecule has 0 aromatic heterocycles. The molecular weight excluding hydrogens is 394 g/mol. The number of thioether (sulfide) groups is 1. The first-order valence-corrected chi connectivity index (χ1v) is 9.99. The van der Waals surface area contributed by atoms with Crippen molar-refractivity contribution < 1.29 is 19.4 Å². The summed E-state index contributed by atoms with van der Waals surface area (Å²) in [5.74, 6) is -0.752. The summed E-state index contributed by atoms with van der Waals surface area (Å²) < 4.78 is 6.08. The van der Waals surface area contributed by atoms with Crippen molar-refractivity contribution in [2.45, 2.75) is 12.8 Å². The van der Waals surface area contributed by atoms with E-state index in [4.69, 9.17) is 22.1 Å². The van der Waals surface area contributed by atoms with E-state index in [-0.39, 0.29) is 10.2 Å². The van der Waals surface area contributed by atoms with Gasteiger partial charge in [0.2, 0.25) is 0 Å². The maximum absolute atomic E-state index is 12.3. The Morgan fingerprint density at radius 3 is 2.71 bits per heavy atom. The minimum absolute atomic E-state index is 0.256. The fourth-order valence-electron chi connectivity index (χ4n) is 2.73. The summed E-state index contributed by atoms with van der Waals surface area (Å²) in [4.78, 5) is 24.7. The van der Waals surface area contributed by atoms with Gasteiger partial charge in [-0.15, -0.1) is 0 Å². The number of ether oxygens (including phenoxy) is 1. The van der Waals surface area contributed by atoms with Gasteiger partial charge in [0.05, 0.1) is 11.5 Å². The molecule has 1 N–H and O–H groups in total. The van der Waals surface area contributed by atoms with Gasteiger partial charge in [0.15, 0.2) is 0 Å². The highest BCUT2D eigenvalue weighted by molar-refractivity contribution is 8.26. The Labute approximate surface area is 173 Å². The van der Waals surface area contributed by atoms with Gasteiger partial charge in [-0.05, 0) is 42.2 Å². The topological polar surface area (TPSA) is 66.8 Å². The van der Waals surface area contributed by atoms with E-state index in [2.05, 4.69) is 12.1 Å². The van der Waals surface area contributed by atoms with Gasteiger partial charge < -0.3 is 9.84 Å². The van der Waals surface area contributed by atoms with Gasteiger partial charge in [0.25, 0.3) is 5.91 Å². The van der Waals surface area contributed by atoms with Crippen molar-refractivity contribution in [1.29, 1.82) is 0 Å². The quantitative estimate of drug-likeness (QED) is 0.401. The lowest BCUT2D eigenvalue weighted by Gasteiger charge is -2.10. The van der Waals surface area contributed by atoms with Crippen molar-refractivity contribution in [3.05, 3.63) is 70.6 Å². The third-order valence-corrected chi connectivity index (χ3v) is 5.42. The molecule has 2 aromatic rings. The Morgan fingerprint density at radius 2 is 1.96 bits per heavy atom. The summed E-state index contributed by atoms with van der Waals surface area (Å²) in [5, 5.41) is 8.90. The molecule has 3 rings (SSSR count). The van der Waals surface area contributed by atoms with E-state index >= 15 is 0 Å². The molecule has 0 saturated carbocycles.